The van der Waals surface area contributed by atoms with Crippen molar-refractivity contribution in [2.24, 2.45) is 11.8 Å². The maximum Gasteiger partial charge on any atom is 0.273 e. The molecule has 1 amide bonds. The van der Waals surface area contributed by atoms with Gasteiger partial charge in [0.2, 0.25) is 0 Å². The topological polar surface area (TPSA) is 71.2 Å². The standard InChI is InChI=1S/C18H19FN4O/c19-13-4-1-3-11(7-13)17-14-9-21-8-12(14)10-23(17)18(24)15-5-2-6-16(20)22-15/h1-7,12,14,17,21H,8-10H2,(H2,20,22)/t12-,14-,17-/m0/s1. The number of anilines is 1. The summed E-state index contributed by atoms with van der Waals surface area (Å²) in [4.78, 5) is 19.0. The van der Waals surface area contributed by atoms with E-state index in [4.69, 9.17) is 5.73 Å². The third kappa shape index (κ3) is 2.53. The van der Waals surface area contributed by atoms with E-state index in [-0.39, 0.29) is 23.7 Å². The molecule has 6 heteroatoms. The molecule has 2 fully saturated rings. The van der Waals surface area contributed by atoms with Gasteiger partial charge in [-0.15, -0.1) is 0 Å². The van der Waals surface area contributed by atoms with Gasteiger partial charge in [0.1, 0.15) is 17.3 Å². The van der Waals surface area contributed by atoms with E-state index in [1.807, 2.05) is 11.0 Å². The van der Waals surface area contributed by atoms with Crippen LogP contribution >= 0.6 is 0 Å². The number of carbonyl (C=O) groups is 1. The summed E-state index contributed by atoms with van der Waals surface area (Å²) in [6, 6.07) is 11.5. The summed E-state index contributed by atoms with van der Waals surface area (Å²) in [5.41, 5.74) is 6.89. The minimum atomic E-state index is -0.281. The lowest BCUT2D eigenvalue weighted by molar-refractivity contribution is 0.0708. The third-order valence-corrected chi connectivity index (χ3v) is 5.01. The van der Waals surface area contributed by atoms with Crippen molar-refractivity contribution in [2.75, 3.05) is 25.4 Å². The Kier molecular flexibility index (Phi) is 3.69. The Morgan fingerprint density at radius 1 is 1.25 bits per heavy atom. The summed E-state index contributed by atoms with van der Waals surface area (Å²) in [5, 5.41) is 3.38. The number of hydrogen-bond acceptors (Lipinski definition) is 4. The summed E-state index contributed by atoms with van der Waals surface area (Å²) < 4.78 is 13.7. The fraction of sp³-hybridized carbons (Fsp3) is 0.333. The summed E-state index contributed by atoms with van der Waals surface area (Å²) >= 11 is 0. The normalized spacial score (nSPS) is 25.7. The van der Waals surface area contributed by atoms with Gasteiger partial charge in [0.05, 0.1) is 6.04 Å². The van der Waals surface area contributed by atoms with Gasteiger partial charge in [-0.2, -0.15) is 0 Å². The third-order valence-electron chi connectivity index (χ3n) is 5.01. The zero-order valence-corrected chi connectivity index (χ0v) is 13.2. The van der Waals surface area contributed by atoms with Gasteiger partial charge in [0.15, 0.2) is 0 Å². The molecular weight excluding hydrogens is 307 g/mol. The van der Waals surface area contributed by atoms with Gasteiger partial charge in [-0.25, -0.2) is 9.37 Å². The van der Waals surface area contributed by atoms with Crippen LogP contribution < -0.4 is 11.1 Å². The highest BCUT2D eigenvalue weighted by molar-refractivity contribution is 5.93. The predicted molar refractivity (Wildman–Crippen MR) is 88.7 cm³/mol. The van der Waals surface area contributed by atoms with Gasteiger partial charge in [-0.1, -0.05) is 18.2 Å². The molecule has 2 aliphatic heterocycles. The number of aromatic nitrogens is 1. The van der Waals surface area contributed by atoms with Crippen molar-refractivity contribution in [1.29, 1.82) is 0 Å². The lowest BCUT2D eigenvalue weighted by atomic mass is 9.89. The van der Waals surface area contributed by atoms with E-state index in [0.717, 1.165) is 18.7 Å². The highest BCUT2D eigenvalue weighted by atomic mass is 19.1. The zero-order chi connectivity index (χ0) is 16.7. The SMILES string of the molecule is Nc1cccc(C(=O)N2C[C@@H]3CNC[C@@H]3[C@@H]2c2cccc(F)c2)n1. The Hall–Kier alpha value is -2.47. The van der Waals surface area contributed by atoms with E-state index < -0.39 is 0 Å². The lowest BCUT2D eigenvalue weighted by Gasteiger charge is -2.28. The van der Waals surface area contributed by atoms with E-state index in [1.54, 1.807) is 24.3 Å². The summed E-state index contributed by atoms with van der Waals surface area (Å²) in [6.07, 6.45) is 0. The average Bonchev–Trinajstić information content (AvgIpc) is 3.14. The first-order valence-corrected chi connectivity index (χ1v) is 8.13. The quantitative estimate of drug-likeness (QED) is 0.883. The Morgan fingerprint density at radius 2 is 2.08 bits per heavy atom. The van der Waals surface area contributed by atoms with Crippen LogP contribution in [0.25, 0.3) is 0 Å². The molecule has 2 saturated heterocycles. The molecule has 0 unspecified atom stereocenters. The molecule has 1 aromatic carbocycles. The van der Waals surface area contributed by atoms with Crippen LogP contribution in [0.5, 0.6) is 0 Å². The van der Waals surface area contributed by atoms with E-state index in [9.17, 15) is 9.18 Å². The molecule has 24 heavy (non-hydrogen) atoms. The Bertz CT molecular complexity index is 781. The van der Waals surface area contributed by atoms with Crippen molar-refractivity contribution in [3.05, 3.63) is 59.5 Å². The fourth-order valence-electron chi connectivity index (χ4n) is 3.96. The van der Waals surface area contributed by atoms with Crippen molar-refractivity contribution in [3.8, 4) is 0 Å². The Balaban J connectivity index is 1.71. The molecule has 5 nitrogen and oxygen atoms in total. The largest absolute Gasteiger partial charge is 0.384 e. The fourth-order valence-corrected chi connectivity index (χ4v) is 3.96. The van der Waals surface area contributed by atoms with Crippen LogP contribution in [0.4, 0.5) is 10.2 Å². The van der Waals surface area contributed by atoms with E-state index >= 15 is 0 Å². The molecule has 1 aromatic heterocycles. The van der Waals surface area contributed by atoms with Crippen LogP contribution in [0.2, 0.25) is 0 Å². The van der Waals surface area contributed by atoms with Crippen molar-refractivity contribution in [1.82, 2.24) is 15.2 Å². The minimum absolute atomic E-state index is 0.142. The van der Waals surface area contributed by atoms with Gasteiger partial charge >= 0.3 is 0 Å². The molecule has 0 saturated carbocycles. The molecule has 0 spiro atoms. The van der Waals surface area contributed by atoms with Crippen molar-refractivity contribution in [3.63, 3.8) is 0 Å². The van der Waals surface area contributed by atoms with Crippen molar-refractivity contribution in [2.45, 2.75) is 6.04 Å². The number of carbonyl (C=O) groups excluding carboxylic acids is 1. The average molecular weight is 326 g/mol. The highest BCUT2D eigenvalue weighted by Crippen LogP contribution is 2.43. The molecule has 4 rings (SSSR count). The van der Waals surface area contributed by atoms with Crippen molar-refractivity contribution < 1.29 is 9.18 Å². The van der Waals surface area contributed by atoms with Gasteiger partial charge in [-0.3, -0.25) is 4.79 Å². The Morgan fingerprint density at radius 3 is 2.88 bits per heavy atom. The van der Waals surface area contributed by atoms with Crippen LogP contribution in [-0.4, -0.2) is 35.4 Å². The maximum atomic E-state index is 13.7. The molecule has 0 bridgehead atoms. The molecule has 3 N–H and O–H groups in total. The van der Waals surface area contributed by atoms with Crippen LogP contribution in [0, 0.1) is 17.7 Å². The predicted octanol–water partition coefficient (Wildman–Crippen LogP) is 1.84. The van der Waals surface area contributed by atoms with Crippen LogP contribution in [0.3, 0.4) is 0 Å². The maximum absolute atomic E-state index is 13.7. The molecule has 3 atom stereocenters. The summed E-state index contributed by atoms with van der Waals surface area (Å²) in [6.45, 7) is 2.36. The zero-order valence-electron chi connectivity index (χ0n) is 13.2. The van der Waals surface area contributed by atoms with Gasteiger partial charge in [-0.05, 0) is 35.7 Å². The number of nitrogens with two attached hydrogens (primary N) is 1. The molecular formula is C18H19FN4O. The summed E-state index contributed by atoms with van der Waals surface area (Å²) in [5.74, 6) is 0.562. The smallest absolute Gasteiger partial charge is 0.273 e. The van der Waals surface area contributed by atoms with Gasteiger partial charge < -0.3 is 16.0 Å². The number of rotatable bonds is 2. The minimum Gasteiger partial charge on any atom is -0.384 e. The second-order valence-electron chi connectivity index (χ2n) is 6.49. The van der Waals surface area contributed by atoms with E-state index in [0.29, 0.717) is 24.0 Å². The van der Waals surface area contributed by atoms with Crippen molar-refractivity contribution >= 4 is 11.7 Å². The number of nitrogen functional groups attached to an aromatic ring is 1. The molecule has 124 valence electrons. The molecule has 0 radical (unpaired) electrons. The number of benzene rings is 1. The number of nitrogens with zero attached hydrogens (tertiary/aromatic N) is 2. The summed E-state index contributed by atoms with van der Waals surface area (Å²) in [7, 11) is 0. The van der Waals surface area contributed by atoms with Crippen LogP contribution in [0.1, 0.15) is 22.1 Å². The van der Waals surface area contributed by atoms with Gasteiger partial charge in [0.25, 0.3) is 5.91 Å². The molecule has 2 aliphatic rings. The Labute approximate surface area is 139 Å². The first-order valence-electron chi connectivity index (χ1n) is 8.13. The number of likely N-dealkylation sites (tertiary alicyclic amines) is 1. The highest BCUT2D eigenvalue weighted by Gasteiger charge is 2.47. The molecule has 3 heterocycles. The first kappa shape index (κ1) is 15.1. The number of pyridine rings is 1. The number of fused-ring (bicyclic) bond motifs is 1. The second-order valence-corrected chi connectivity index (χ2v) is 6.49. The van der Waals surface area contributed by atoms with Gasteiger partial charge in [0, 0.05) is 25.6 Å². The van der Waals surface area contributed by atoms with E-state index in [2.05, 4.69) is 10.3 Å². The number of amides is 1. The number of nitrogens with one attached hydrogen (secondary N) is 1. The van der Waals surface area contributed by atoms with Crippen LogP contribution in [-0.2, 0) is 0 Å². The van der Waals surface area contributed by atoms with Crippen LogP contribution in [0.15, 0.2) is 42.5 Å². The first-order chi connectivity index (χ1) is 11.6. The monoisotopic (exact) mass is 326 g/mol. The molecule has 0 aliphatic carbocycles. The second kappa shape index (κ2) is 5.87. The number of halogens is 1. The number of hydrogen-bond donors (Lipinski definition) is 2. The lowest BCUT2D eigenvalue weighted by Crippen LogP contribution is -2.35. The molecule has 2 aromatic rings. The van der Waals surface area contributed by atoms with E-state index in [1.165, 1.54) is 12.1 Å².